The third-order valence-corrected chi connectivity index (χ3v) is 4.96. The van der Waals surface area contributed by atoms with Gasteiger partial charge in [-0.1, -0.05) is 6.07 Å². The van der Waals surface area contributed by atoms with Crippen LogP contribution in [0.1, 0.15) is 30.9 Å². The molecular weight excluding hydrogens is 326 g/mol. The summed E-state index contributed by atoms with van der Waals surface area (Å²) in [5, 5.41) is 3.55. The summed E-state index contributed by atoms with van der Waals surface area (Å²) in [6.45, 7) is 4.59. The zero-order chi connectivity index (χ0) is 18.4. The lowest BCUT2D eigenvalue weighted by Gasteiger charge is -2.24. The van der Waals surface area contributed by atoms with E-state index in [1.807, 2.05) is 24.3 Å². The summed E-state index contributed by atoms with van der Waals surface area (Å²) in [6.07, 6.45) is 6.23. The first-order chi connectivity index (χ1) is 12.7. The zero-order valence-electron chi connectivity index (χ0n) is 15.9. The molecule has 0 radical (unpaired) electrons. The van der Waals surface area contributed by atoms with Crippen LogP contribution in [0.25, 0.3) is 0 Å². The summed E-state index contributed by atoms with van der Waals surface area (Å²) < 4.78 is 11.4. The number of benzene rings is 1. The van der Waals surface area contributed by atoms with Gasteiger partial charge in [-0.25, -0.2) is 0 Å². The van der Waals surface area contributed by atoms with Crippen molar-refractivity contribution < 1.29 is 9.47 Å². The van der Waals surface area contributed by atoms with E-state index in [2.05, 4.69) is 35.2 Å². The molecule has 5 heteroatoms. The molecule has 1 unspecified atom stereocenters. The first kappa shape index (κ1) is 18.7. The fourth-order valence-electron chi connectivity index (χ4n) is 2.99. The highest BCUT2D eigenvalue weighted by molar-refractivity contribution is 5.43. The van der Waals surface area contributed by atoms with Crippen LogP contribution in [0.4, 0.5) is 0 Å². The number of likely N-dealkylation sites (N-methyl/N-ethyl adjacent to an activating group) is 1. The maximum absolute atomic E-state index is 5.90. The molecule has 0 saturated heterocycles. The zero-order valence-corrected chi connectivity index (χ0v) is 15.9. The number of pyridine rings is 1. The number of rotatable bonds is 10. The monoisotopic (exact) mass is 355 g/mol. The molecule has 1 aliphatic carbocycles. The van der Waals surface area contributed by atoms with E-state index in [4.69, 9.17) is 9.47 Å². The van der Waals surface area contributed by atoms with Gasteiger partial charge in [-0.05, 0) is 62.2 Å². The van der Waals surface area contributed by atoms with Gasteiger partial charge < -0.3 is 14.8 Å². The highest BCUT2D eigenvalue weighted by Crippen LogP contribution is 2.29. The Hall–Kier alpha value is -2.11. The van der Waals surface area contributed by atoms with Gasteiger partial charge in [0.25, 0.3) is 0 Å². The fraction of sp³-hybridized carbons (Fsp3) is 0.476. The van der Waals surface area contributed by atoms with E-state index < -0.39 is 0 Å². The third kappa shape index (κ3) is 5.19. The average Bonchev–Trinajstić information content (AvgIpc) is 3.52. The summed E-state index contributed by atoms with van der Waals surface area (Å²) >= 11 is 0. The minimum Gasteiger partial charge on any atom is -0.493 e. The number of ether oxygens (including phenoxy) is 2. The number of nitrogens with one attached hydrogen (secondary N) is 1. The maximum atomic E-state index is 5.90. The molecule has 5 nitrogen and oxygen atoms in total. The van der Waals surface area contributed by atoms with Crippen LogP contribution in [-0.2, 0) is 13.2 Å². The molecule has 26 heavy (non-hydrogen) atoms. The second kappa shape index (κ2) is 9.01. The number of hydrogen-bond acceptors (Lipinski definition) is 5. The van der Waals surface area contributed by atoms with Crippen molar-refractivity contribution in [2.75, 3.05) is 20.7 Å². The van der Waals surface area contributed by atoms with Crippen LogP contribution in [0.2, 0.25) is 0 Å². The molecule has 0 amide bonds. The van der Waals surface area contributed by atoms with Crippen LogP contribution in [0.3, 0.4) is 0 Å². The van der Waals surface area contributed by atoms with Crippen molar-refractivity contribution in [3.8, 4) is 11.5 Å². The summed E-state index contributed by atoms with van der Waals surface area (Å²) in [5.74, 6) is 1.52. The number of methoxy groups -OCH3 is 1. The van der Waals surface area contributed by atoms with Crippen molar-refractivity contribution in [2.24, 2.45) is 0 Å². The van der Waals surface area contributed by atoms with E-state index >= 15 is 0 Å². The van der Waals surface area contributed by atoms with Crippen molar-refractivity contribution in [3.05, 3.63) is 53.9 Å². The Kier molecular flexibility index (Phi) is 6.47. The quantitative estimate of drug-likeness (QED) is 0.709. The first-order valence-corrected chi connectivity index (χ1v) is 9.28. The van der Waals surface area contributed by atoms with Crippen molar-refractivity contribution >= 4 is 0 Å². The maximum Gasteiger partial charge on any atom is 0.161 e. The first-order valence-electron chi connectivity index (χ1n) is 9.28. The van der Waals surface area contributed by atoms with Crippen molar-refractivity contribution in [1.82, 2.24) is 15.2 Å². The molecule has 1 aliphatic rings. The second-order valence-corrected chi connectivity index (χ2v) is 7.01. The van der Waals surface area contributed by atoms with Crippen LogP contribution in [-0.4, -0.2) is 42.7 Å². The molecule has 1 heterocycles. The Labute approximate surface area is 156 Å². The van der Waals surface area contributed by atoms with Crippen molar-refractivity contribution in [3.63, 3.8) is 0 Å². The molecule has 1 aromatic heterocycles. The SMILES string of the molecule is COc1cc(CNCC(C)N(C)C2CC2)ccc1OCc1ccncc1. The van der Waals surface area contributed by atoms with Gasteiger partial charge in [-0.15, -0.1) is 0 Å². The predicted octanol–water partition coefficient (Wildman–Crippen LogP) is 3.24. The van der Waals surface area contributed by atoms with E-state index in [0.29, 0.717) is 12.6 Å². The van der Waals surface area contributed by atoms with Gasteiger partial charge in [0, 0.05) is 37.6 Å². The van der Waals surface area contributed by atoms with Crippen LogP contribution in [0, 0.1) is 0 Å². The van der Waals surface area contributed by atoms with Gasteiger partial charge >= 0.3 is 0 Å². The number of nitrogens with zero attached hydrogens (tertiary/aromatic N) is 2. The summed E-state index contributed by atoms with van der Waals surface area (Å²) in [6, 6.07) is 11.4. The summed E-state index contributed by atoms with van der Waals surface area (Å²) in [4.78, 5) is 6.50. The van der Waals surface area contributed by atoms with E-state index in [-0.39, 0.29) is 0 Å². The smallest absolute Gasteiger partial charge is 0.161 e. The van der Waals surface area contributed by atoms with E-state index in [1.165, 1.54) is 18.4 Å². The van der Waals surface area contributed by atoms with Gasteiger partial charge in [0.2, 0.25) is 0 Å². The minimum absolute atomic E-state index is 0.501. The highest BCUT2D eigenvalue weighted by atomic mass is 16.5. The average molecular weight is 355 g/mol. The topological polar surface area (TPSA) is 46.6 Å². The molecular formula is C21H29N3O2. The Morgan fingerprint density at radius 1 is 1.15 bits per heavy atom. The number of aromatic nitrogens is 1. The van der Waals surface area contributed by atoms with Crippen LogP contribution < -0.4 is 14.8 Å². The van der Waals surface area contributed by atoms with Gasteiger partial charge in [0.1, 0.15) is 6.61 Å². The molecule has 1 saturated carbocycles. The molecule has 1 aromatic carbocycles. The molecule has 0 bridgehead atoms. The van der Waals surface area contributed by atoms with Gasteiger partial charge in [0.15, 0.2) is 11.5 Å². The standard InChI is InChI=1S/C21H29N3O2/c1-16(24(2)19-5-6-19)13-23-14-18-4-7-20(21(12-18)25-3)26-15-17-8-10-22-11-9-17/h4,7-12,16,19,23H,5-6,13-15H2,1-3H3. The predicted molar refractivity (Wildman–Crippen MR) is 104 cm³/mol. The molecule has 0 spiro atoms. The van der Waals surface area contributed by atoms with Crippen LogP contribution >= 0.6 is 0 Å². The molecule has 1 fully saturated rings. The molecule has 140 valence electrons. The summed E-state index contributed by atoms with van der Waals surface area (Å²) in [7, 11) is 3.90. The van der Waals surface area contributed by atoms with Crippen molar-refractivity contribution in [1.29, 1.82) is 0 Å². The van der Waals surface area contributed by atoms with Crippen LogP contribution in [0.5, 0.6) is 11.5 Å². The number of hydrogen-bond donors (Lipinski definition) is 1. The lowest BCUT2D eigenvalue weighted by Crippen LogP contribution is -2.38. The Morgan fingerprint density at radius 3 is 2.62 bits per heavy atom. The Balaban J connectivity index is 1.50. The Bertz CT molecular complexity index is 689. The molecule has 1 atom stereocenters. The Morgan fingerprint density at radius 2 is 1.92 bits per heavy atom. The lowest BCUT2D eigenvalue weighted by molar-refractivity contribution is 0.241. The lowest BCUT2D eigenvalue weighted by atomic mass is 10.2. The highest BCUT2D eigenvalue weighted by Gasteiger charge is 2.28. The van der Waals surface area contributed by atoms with Crippen LogP contribution in [0.15, 0.2) is 42.7 Å². The normalized spacial score (nSPS) is 15.1. The molecule has 3 rings (SSSR count). The van der Waals surface area contributed by atoms with E-state index in [0.717, 1.165) is 36.2 Å². The summed E-state index contributed by atoms with van der Waals surface area (Å²) in [5.41, 5.74) is 2.28. The van der Waals surface area contributed by atoms with E-state index in [9.17, 15) is 0 Å². The fourth-order valence-corrected chi connectivity index (χ4v) is 2.99. The van der Waals surface area contributed by atoms with Crippen molar-refractivity contribution in [2.45, 2.75) is 45.0 Å². The third-order valence-electron chi connectivity index (χ3n) is 4.96. The van der Waals surface area contributed by atoms with Gasteiger partial charge in [-0.2, -0.15) is 0 Å². The van der Waals surface area contributed by atoms with E-state index in [1.54, 1.807) is 19.5 Å². The second-order valence-electron chi connectivity index (χ2n) is 7.01. The molecule has 2 aromatic rings. The van der Waals surface area contributed by atoms with Gasteiger partial charge in [-0.3, -0.25) is 9.88 Å². The molecule has 0 aliphatic heterocycles. The molecule has 1 N–H and O–H groups in total. The van der Waals surface area contributed by atoms with Gasteiger partial charge in [0.05, 0.1) is 7.11 Å². The minimum atomic E-state index is 0.501. The largest absolute Gasteiger partial charge is 0.493 e.